The number of nitrogens with zero attached hydrogens (tertiary/aromatic N) is 3. The minimum Gasteiger partial charge on any atom is -0.455 e. The number of hydrogen-bond acceptors (Lipinski definition) is 3. The second-order valence-corrected chi connectivity index (χ2v) is 11.8. The van der Waals surface area contributed by atoms with Crippen molar-refractivity contribution in [2.45, 2.75) is 0 Å². The summed E-state index contributed by atoms with van der Waals surface area (Å²) in [4.78, 5) is 10.2. The molecule has 0 N–H and O–H groups in total. The van der Waals surface area contributed by atoms with Crippen LogP contribution in [0.1, 0.15) is 0 Å². The van der Waals surface area contributed by atoms with E-state index < -0.39 is 0 Å². The quantitative estimate of drug-likeness (QED) is 0.207. The summed E-state index contributed by atoms with van der Waals surface area (Å²) in [7, 11) is 0. The second-order valence-electron chi connectivity index (χ2n) is 11.8. The van der Waals surface area contributed by atoms with Gasteiger partial charge in [0.25, 0.3) is 0 Å². The fourth-order valence-corrected chi connectivity index (χ4v) is 7.16. The number of para-hydroxylation sites is 3. The molecule has 0 spiro atoms. The predicted octanol–water partition coefficient (Wildman–Crippen LogP) is 11.1. The third-order valence-corrected chi connectivity index (χ3v) is 9.20. The molecule has 0 bridgehead atoms. The van der Waals surface area contributed by atoms with Crippen LogP contribution < -0.4 is 0 Å². The Labute approximate surface area is 263 Å². The molecule has 214 valence electrons. The highest BCUT2D eigenvalue weighted by molar-refractivity contribution is 6.25. The number of furan rings is 1. The standard InChI is InChI=1S/C42H25N3O/c1-2-13-27(14-3-1)39-31-17-6-8-21-34(31)43-42(44-39)33-20-11-19-29-30-24-25-37-38(41(30)46-40(29)33)32-18-7-9-22-36(32)45(37)35-23-10-15-26-12-4-5-16-28(26)35/h1-25H. The molecule has 3 heterocycles. The third-order valence-electron chi connectivity index (χ3n) is 9.20. The van der Waals surface area contributed by atoms with Gasteiger partial charge in [0.2, 0.25) is 0 Å². The van der Waals surface area contributed by atoms with Crippen LogP contribution in [0, 0.1) is 0 Å². The van der Waals surface area contributed by atoms with Gasteiger partial charge >= 0.3 is 0 Å². The van der Waals surface area contributed by atoms with Crippen LogP contribution in [-0.2, 0) is 0 Å². The first-order valence-electron chi connectivity index (χ1n) is 15.5. The zero-order valence-electron chi connectivity index (χ0n) is 24.7. The van der Waals surface area contributed by atoms with Crippen LogP contribution in [0.5, 0.6) is 0 Å². The molecule has 10 aromatic rings. The van der Waals surface area contributed by atoms with Crippen molar-refractivity contribution in [1.82, 2.24) is 14.5 Å². The summed E-state index contributed by atoms with van der Waals surface area (Å²) in [6.45, 7) is 0. The molecule has 0 amide bonds. The van der Waals surface area contributed by atoms with Crippen molar-refractivity contribution in [2.24, 2.45) is 0 Å². The highest BCUT2D eigenvalue weighted by Gasteiger charge is 2.22. The average molecular weight is 588 g/mol. The minimum absolute atomic E-state index is 0.650. The van der Waals surface area contributed by atoms with Gasteiger partial charge < -0.3 is 8.98 Å². The second kappa shape index (κ2) is 9.62. The topological polar surface area (TPSA) is 43.9 Å². The first kappa shape index (κ1) is 25.1. The van der Waals surface area contributed by atoms with Crippen molar-refractivity contribution >= 4 is 65.4 Å². The number of fused-ring (bicyclic) bond motifs is 9. The Hall–Kier alpha value is -6.26. The zero-order valence-corrected chi connectivity index (χ0v) is 24.7. The number of hydrogen-bond donors (Lipinski definition) is 0. The van der Waals surface area contributed by atoms with Crippen molar-refractivity contribution < 1.29 is 4.42 Å². The smallest absolute Gasteiger partial charge is 0.164 e. The number of benzene rings is 7. The van der Waals surface area contributed by atoms with Crippen molar-refractivity contribution in [1.29, 1.82) is 0 Å². The number of rotatable bonds is 3. The van der Waals surface area contributed by atoms with Gasteiger partial charge in [-0.15, -0.1) is 0 Å². The maximum absolute atomic E-state index is 6.96. The molecular weight excluding hydrogens is 562 g/mol. The molecule has 0 unspecified atom stereocenters. The lowest BCUT2D eigenvalue weighted by atomic mass is 10.0. The highest BCUT2D eigenvalue weighted by Crippen LogP contribution is 2.43. The zero-order chi connectivity index (χ0) is 30.2. The van der Waals surface area contributed by atoms with Gasteiger partial charge in [-0.1, -0.05) is 115 Å². The summed E-state index contributed by atoms with van der Waals surface area (Å²) in [6, 6.07) is 53.0. The molecule has 0 saturated heterocycles. The molecule has 4 heteroatoms. The van der Waals surface area contributed by atoms with Crippen LogP contribution >= 0.6 is 0 Å². The lowest BCUT2D eigenvalue weighted by Crippen LogP contribution is -1.95. The van der Waals surface area contributed by atoms with E-state index >= 15 is 0 Å². The Balaban J connectivity index is 1.28. The average Bonchev–Trinajstić information content (AvgIpc) is 3.67. The SMILES string of the molecule is c1ccc(-c2nc(-c3cccc4c3oc3c4ccc4c3c3ccccc3n4-c3cccc4ccccc34)nc3ccccc23)cc1. The van der Waals surface area contributed by atoms with E-state index in [-0.39, 0.29) is 0 Å². The van der Waals surface area contributed by atoms with Crippen LogP contribution in [0.25, 0.3) is 93.8 Å². The lowest BCUT2D eigenvalue weighted by Gasteiger charge is -2.11. The van der Waals surface area contributed by atoms with Gasteiger partial charge in [0.05, 0.1) is 38.9 Å². The van der Waals surface area contributed by atoms with Crippen molar-refractivity contribution in [2.75, 3.05) is 0 Å². The predicted molar refractivity (Wildman–Crippen MR) is 190 cm³/mol. The van der Waals surface area contributed by atoms with Crippen LogP contribution in [-0.4, -0.2) is 14.5 Å². The van der Waals surface area contributed by atoms with Gasteiger partial charge in [-0.05, 0) is 41.8 Å². The summed E-state index contributed by atoms with van der Waals surface area (Å²) >= 11 is 0. The Morgan fingerprint density at radius 2 is 1.15 bits per heavy atom. The van der Waals surface area contributed by atoms with Gasteiger partial charge in [0.1, 0.15) is 11.2 Å². The molecule has 0 fully saturated rings. The molecule has 0 atom stereocenters. The summed E-state index contributed by atoms with van der Waals surface area (Å²) in [5.74, 6) is 0.650. The molecule has 7 aromatic carbocycles. The molecule has 4 nitrogen and oxygen atoms in total. The molecule has 0 aliphatic heterocycles. The lowest BCUT2D eigenvalue weighted by molar-refractivity contribution is 0.673. The summed E-state index contributed by atoms with van der Waals surface area (Å²) in [5, 5.41) is 7.84. The van der Waals surface area contributed by atoms with Gasteiger partial charge in [0, 0.05) is 32.5 Å². The van der Waals surface area contributed by atoms with E-state index in [0.717, 1.165) is 77.2 Å². The van der Waals surface area contributed by atoms with Crippen molar-refractivity contribution in [3.8, 4) is 28.3 Å². The molecule has 0 aliphatic rings. The molecule has 0 aliphatic carbocycles. The van der Waals surface area contributed by atoms with E-state index in [1.165, 1.54) is 10.8 Å². The van der Waals surface area contributed by atoms with Gasteiger partial charge in [-0.25, -0.2) is 9.97 Å². The van der Waals surface area contributed by atoms with Crippen LogP contribution in [0.2, 0.25) is 0 Å². The number of aromatic nitrogens is 3. The Morgan fingerprint density at radius 1 is 0.457 bits per heavy atom. The minimum atomic E-state index is 0.650. The largest absolute Gasteiger partial charge is 0.455 e. The van der Waals surface area contributed by atoms with Crippen LogP contribution in [0.15, 0.2) is 156 Å². The Kier molecular flexibility index (Phi) is 5.25. The first-order chi connectivity index (χ1) is 22.8. The first-order valence-corrected chi connectivity index (χ1v) is 15.5. The molecule has 0 radical (unpaired) electrons. The maximum atomic E-state index is 6.96. The highest BCUT2D eigenvalue weighted by atomic mass is 16.3. The molecule has 46 heavy (non-hydrogen) atoms. The molecule has 0 saturated carbocycles. The molecular formula is C42H25N3O. The Bertz CT molecular complexity index is 2800. The van der Waals surface area contributed by atoms with Crippen molar-refractivity contribution in [3.05, 3.63) is 152 Å². The van der Waals surface area contributed by atoms with Crippen LogP contribution in [0.3, 0.4) is 0 Å². The van der Waals surface area contributed by atoms with Crippen LogP contribution in [0.4, 0.5) is 0 Å². The van der Waals surface area contributed by atoms with Gasteiger partial charge in [-0.2, -0.15) is 0 Å². The van der Waals surface area contributed by atoms with E-state index in [9.17, 15) is 0 Å². The monoisotopic (exact) mass is 587 g/mol. The fourth-order valence-electron chi connectivity index (χ4n) is 7.16. The van der Waals surface area contributed by atoms with E-state index in [2.05, 4.69) is 126 Å². The summed E-state index contributed by atoms with van der Waals surface area (Å²) < 4.78 is 9.33. The van der Waals surface area contributed by atoms with Gasteiger partial charge in [0.15, 0.2) is 5.82 Å². The fraction of sp³-hybridized carbons (Fsp3) is 0. The van der Waals surface area contributed by atoms with E-state index in [4.69, 9.17) is 14.4 Å². The third kappa shape index (κ3) is 3.55. The van der Waals surface area contributed by atoms with E-state index in [0.29, 0.717) is 5.82 Å². The summed E-state index contributed by atoms with van der Waals surface area (Å²) in [6.07, 6.45) is 0. The normalized spacial score (nSPS) is 11.9. The summed E-state index contributed by atoms with van der Waals surface area (Å²) in [5.41, 5.74) is 8.82. The van der Waals surface area contributed by atoms with E-state index in [1.807, 2.05) is 30.3 Å². The molecule has 10 rings (SSSR count). The van der Waals surface area contributed by atoms with E-state index in [1.54, 1.807) is 0 Å². The van der Waals surface area contributed by atoms with Crippen molar-refractivity contribution in [3.63, 3.8) is 0 Å². The Morgan fingerprint density at radius 3 is 2.07 bits per heavy atom. The maximum Gasteiger partial charge on any atom is 0.164 e. The molecule has 3 aromatic heterocycles. The van der Waals surface area contributed by atoms with Gasteiger partial charge in [-0.3, -0.25) is 0 Å².